The van der Waals surface area contributed by atoms with Crippen LogP contribution in [0.15, 0.2) is 45.7 Å². The van der Waals surface area contributed by atoms with Gasteiger partial charge in [0.2, 0.25) is 0 Å². The number of hydrogen-bond acceptors (Lipinski definition) is 5. The van der Waals surface area contributed by atoms with Crippen molar-refractivity contribution in [3.8, 4) is 22.2 Å². The summed E-state index contributed by atoms with van der Waals surface area (Å²) in [6.07, 6.45) is 2.87. The molecule has 6 heteroatoms. The number of aromatic nitrogens is 3. The van der Waals surface area contributed by atoms with Crippen molar-refractivity contribution in [1.82, 2.24) is 14.7 Å². The Balaban J connectivity index is 1.55. The Hall–Kier alpha value is -2.18. The molecule has 0 radical (unpaired) electrons. The van der Waals surface area contributed by atoms with Crippen LogP contribution < -0.4 is 0 Å². The first kappa shape index (κ1) is 12.4. The number of fused-ring (bicyclic) bond motifs is 3. The highest BCUT2D eigenvalue weighted by atomic mass is 32.1. The third-order valence-corrected chi connectivity index (χ3v) is 5.68. The molecule has 0 spiro atoms. The predicted molar refractivity (Wildman–Crippen MR) is 87.3 cm³/mol. The summed E-state index contributed by atoms with van der Waals surface area (Å²) in [6, 6.07) is 8.35. The molecular formula is C16H11N3OS2. The molecule has 1 aliphatic heterocycles. The Bertz CT molecular complexity index is 933. The predicted octanol–water partition coefficient (Wildman–Crippen LogP) is 4.28. The van der Waals surface area contributed by atoms with Crippen molar-refractivity contribution in [3.63, 3.8) is 0 Å². The zero-order chi connectivity index (χ0) is 14.5. The van der Waals surface area contributed by atoms with E-state index in [1.165, 1.54) is 10.6 Å². The van der Waals surface area contributed by atoms with Crippen LogP contribution in [0.2, 0.25) is 0 Å². The van der Waals surface area contributed by atoms with Crippen LogP contribution in [0.4, 0.5) is 0 Å². The molecule has 108 valence electrons. The van der Waals surface area contributed by atoms with Gasteiger partial charge >= 0.3 is 0 Å². The molecule has 0 bridgehead atoms. The zero-order valence-corrected chi connectivity index (χ0v) is 13.2. The highest BCUT2D eigenvalue weighted by molar-refractivity contribution is 7.13. The molecule has 22 heavy (non-hydrogen) atoms. The SMILES string of the molecule is c1csc(Cc2cnc3n2Cc2c-3noc2-c2cccs2)c1. The van der Waals surface area contributed by atoms with Gasteiger partial charge in [-0.2, -0.15) is 0 Å². The number of thiophene rings is 2. The fraction of sp³-hybridized carbons (Fsp3) is 0.125. The average Bonchev–Trinajstić information content (AvgIpc) is 3.28. The van der Waals surface area contributed by atoms with E-state index < -0.39 is 0 Å². The van der Waals surface area contributed by atoms with Crippen molar-refractivity contribution in [2.75, 3.05) is 0 Å². The molecule has 0 atom stereocenters. The second-order valence-electron chi connectivity index (χ2n) is 5.23. The quantitative estimate of drug-likeness (QED) is 0.497. The monoisotopic (exact) mass is 325 g/mol. The molecule has 0 saturated heterocycles. The molecular weight excluding hydrogens is 314 g/mol. The summed E-state index contributed by atoms with van der Waals surface area (Å²) in [5.74, 6) is 1.81. The van der Waals surface area contributed by atoms with Crippen LogP contribution in [0.5, 0.6) is 0 Å². The molecule has 5 heterocycles. The molecule has 1 aliphatic rings. The molecule has 4 nitrogen and oxygen atoms in total. The number of nitrogens with zero attached hydrogens (tertiary/aromatic N) is 3. The van der Waals surface area contributed by atoms with Crippen LogP contribution in [-0.4, -0.2) is 14.7 Å². The van der Waals surface area contributed by atoms with Gasteiger partial charge in [-0.3, -0.25) is 0 Å². The number of hydrogen-bond donors (Lipinski definition) is 0. The molecule has 0 amide bonds. The maximum absolute atomic E-state index is 5.56. The van der Waals surface area contributed by atoms with Crippen LogP contribution >= 0.6 is 22.7 Å². The van der Waals surface area contributed by atoms with Gasteiger partial charge in [0.15, 0.2) is 17.3 Å². The highest BCUT2D eigenvalue weighted by Gasteiger charge is 2.30. The van der Waals surface area contributed by atoms with Gasteiger partial charge in [0.1, 0.15) is 0 Å². The number of rotatable bonds is 3. The van der Waals surface area contributed by atoms with Gasteiger partial charge < -0.3 is 9.09 Å². The van der Waals surface area contributed by atoms with Gasteiger partial charge in [-0.1, -0.05) is 17.3 Å². The van der Waals surface area contributed by atoms with Crippen molar-refractivity contribution >= 4 is 22.7 Å². The van der Waals surface area contributed by atoms with Gasteiger partial charge in [-0.05, 0) is 22.9 Å². The highest BCUT2D eigenvalue weighted by Crippen LogP contribution is 2.39. The summed E-state index contributed by atoms with van der Waals surface area (Å²) in [6.45, 7) is 0.794. The smallest absolute Gasteiger partial charge is 0.182 e. The van der Waals surface area contributed by atoms with Gasteiger partial charge in [-0.15, -0.1) is 22.7 Å². The second kappa shape index (κ2) is 4.66. The second-order valence-corrected chi connectivity index (χ2v) is 7.21. The minimum atomic E-state index is 0.794. The molecule has 0 saturated carbocycles. The standard InChI is InChI=1S/C16H11N3OS2/c1-3-11(21-5-1)7-10-8-17-16-14-12(9-19(10)16)15(20-18-14)13-4-2-6-22-13/h1-6,8H,7,9H2. The average molecular weight is 325 g/mol. The summed E-state index contributed by atoms with van der Waals surface area (Å²) < 4.78 is 7.82. The number of imidazole rings is 1. The summed E-state index contributed by atoms with van der Waals surface area (Å²) in [4.78, 5) is 7.04. The lowest BCUT2D eigenvalue weighted by atomic mass is 10.2. The van der Waals surface area contributed by atoms with E-state index in [2.05, 4.69) is 43.7 Å². The third kappa shape index (κ3) is 1.74. The summed E-state index contributed by atoms with van der Waals surface area (Å²) in [7, 11) is 0. The van der Waals surface area contributed by atoms with Gasteiger partial charge in [0.25, 0.3) is 0 Å². The van der Waals surface area contributed by atoms with Crippen LogP contribution in [0.1, 0.15) is 16.1 Å². The Kier molecular flexibility index (Phi) is 2.62. The van der Waals surface area contributed by atoms with Gasteiger partial charge in [-0.25, -0.2) is 4.98 Å². The van der Waals surface area contributed by atoms with Crippen LogP contribution in [0, 0.1) is 0 Å². The van der Waals surface area contributed by atoms with Crippen LogP contribution in [-0.2, 0) is 13.0 Å². The molecule has 0 unspecified atom stereocenters. The first-order valence-corrected chi connectivity index (χ1v) is 8.75. The minimum absolute atomic E-state index is 0.794. The maximum atomic E-state index is 5.56. The van der Waals surface area contributed by atoms with E-state index in [-0.39, 0.29) is 0 Å². The van der Waals surface area contributed by atoms with Crippen molar-refractivity contribution in [3.05, 3.63) is 57.4 Å². The third-order valence-electron chi connectivity index (χ3n) is 3.93. The largest absolute Gasteiger partial charge is 0.354 e. The van der Waals surface area contributed by atoms with Gasteiger partial charge in [0.05, 0.1) is 17.0 Å². The molecule has 0 N–H and O–H groups in total. The molecule has 0 aromatic carbocycles. The van der Waals surface area contributed by atoms with E-state index in [1.807, 2.05) is 12.3 Å². The summed E-state index contributed by atoms with van der Waals surface area (Å²) >= 11 is 3.45. The summed E-state index contributed by atoms with van der Waals surface area (Å²) in [5.41, 5.74) is 3.27. The molecule has 4 aromatic heterocycles. The van der Waals surface area contributed by atoms with Crippen molar-refractivity contribution in [2.24, 2.45) is 0 Å². The maximum Gasteiger partial charge on any atom is 0.182 e. The molecule has 5 rings (SSSR count). The van der Waals surface area contributed by atoms with Crippen molar-refractivity contribution < 1.29 is 4.52 Å². The van der Waals surface area contributed by atoms with E-state index in [0.29, 0.717) is 0 Å². The van der Waals surface area contributed by atoms with E-state index in [0.717, 1.165) is 40.7 Å². The fourth-order valence-corrected chi connectivity index (χ4v) is 4.35. The molecule has 0 fully saturated rings. The topological polar surface area (TPSA) is 43.9 Å². The lowest BCUT2D eigenvalue weighted by Gasteiger charge is -2.04. The van der Waals surface area contributed by atoms with E-state index in [4.69, 9.17) is 4.52 Å². The van der Waals surface area contributed by atoms with E-state index >= 15 is 0 Å². The normalized spacial score (nSPS) is 12.5. The zero-order valence-electron chi connectivity index (χ0n) is 11.5. The van der Waals surface area contributed by atoms with Gasteiger partial charge in [0, 0.05) is 23.2 Å². The Morgan fingerprint density at radius 2 is 2.09 bits per heavy atom. The first-order chi connectivity index (χ1) is 10.9. The fourth-order valence-electron chi connectivity index (χ4n) is 2.90. The molecule has 4 aromatic rings. The van der Waals surface area contributed by atoms with E-state index in [9.17, 15) is 0 Å². The lowest BCUT2D eigenvalue weighted by Crippen LogP contribution is -2.00. The minimum Gasteiger partial charge on any atom is -0.354 e. The van der Waals surface area contributed by atoms with Crippen molar-refractivity contribution in [2.45, 2.75) is 13.0 Å². The Morgan fingerprint density at radius 3 is 2.91 bits per heavy atom. The van der Waals surface area contributed by atoms with Crippen LogP contribution in [0.25, 0.3) is 22.2 Å². The molecule has 0 aliphatic carbocycles. The lowest BCUT2D eigenvalue weighted by molar-refractivity contribution is 0.432. The van der Waals surface area contributed by atoms with Crippen molar-refractivity contribution in [1.29, 1.82) is 0 Å². The Morgan fingerprint density at radius 1 is 1.18 bits per heavy atom. The Labute approximate surface area is 134 Å². The van der Waals surface area contributed by atoms with Crippen LogP contribution in [0.3, 0.4) is 0 Å². The first-order valence-electron chi connectivity index (χ1n) is 7.00. The summed E-state index contributed by atoms with van der Waals surface area (Å²) in [5, 5.41) is 8.42. The van der Waals surface area contributed by atoms with E-state index in [1.54, 1.807) is 22.7 Å².